The first-order valence-corrected chi connectivity index (χ1v) is 7.46. The maximum Gasteiger partial charge on any atom is 0.311 e. The highest BCUT2D eigenvalue weighted by atomic mass is 32.1. The molecule has 1 fully saturated rings. The lowest BCUT2D eigenvalue weighted by Crippen LogP contribution is -2.44. The minimum absolute atomic E-state index is 0.200. The Morgan fingerprint density at radius 3 is 3.05 bits per heavy atom. The number of ether oxygens (including phenoxy) is 1. The molecule has 1 atom stereocenters. The van der Waals surface area contributed by atoms with Crippen molar-refractivity contribution in [3.63, 3.8) is 0 Å². The van der Waals surface area contributed by atoms with Crippen LogP contribution >= 0.6 is 11.3 Å². The highest BCUT2D eigenvalue weighted by molar-refractivity contribution is 7.09. The van der Waals surface area contributed by atoms with Gasteiger partial charge in [0.2, 0.25) is 0 Å². The number of rotatable bonds is 4. The van der Waals surface area contributed by atoms with Crippen LogP contribution < -0.4 is 0 Å². The Bertz CT molecular complexity index is 435. The molecule has 5 nitrogen and oxygen atoms in total. The van der Waals surface area contributed by atoms with E-state index in [-0.39, 0.29) is 12.4 Å². The molecule has 2 rings (SSSR count). The number of hydrogen-bond donors (Lipinski definition) is 0. The second-order valence-corrected chi connectivity index (χ2v) is 5.81. The third-order valence-corrected chi connectivity index (χ3v) is 4.33. The van der Waals surface area contributed by atoms with E-state index in [1.165, 1.54) is 0 Å². The Kier molecular flexibility index (Phi) is 4.90. The molecule has 0 amide bonds. The zero-order chi connectivity index (χ0) is 13.8. The molecule has 1 saturated heterocycles. The van der Waals surface area contributed by atoms with Crippen molar-refractivity contribution in [3.05, 3.63) is 16.1 Å². The zero-order valence-corrected chi connectivity index (χ0v) is 12.6. The molecule has 0 aliphatic carbocycles. The van der Waals surface area contributed by atoms with E-state index in [1.807, 2.05) is 12.3 Å². The smallest absolute Gasteiger partial charge is 0.311 e. The minimum atomic E-state index is -0.200. The molecule has 6 heteroatoms. The summed E-state index contributed by atoms with van der Waals surface area (Å²) in [6, 6.07) is 0.333. The molecule has 19 heavy (non-hydrogen) atoms. The molecule has 2 heterocycles. The van der Waals surface area contributed by atoms with Crippen molar-refractivity contribution in [2.45, 2.75) is 19.4 Å². The minimum Gasteiger partial charge on any atom is -0.466 e. The van der Waals surface area contributed by atoms with Crippen LogP contribution in [0.2, 0.25) is 0 Å². The van der Waals surface area contributed by atoms with Gasteiger partial charge in [-0.25, -0.2) is 4.98 Å². The number of piperazine rings is 1. The van der Waals surface area contributed by atoms with Crippen LogP contribution in [0.4, 0.5) is 0 Å². The summed E-state index contributed by atoms with van der Waals surface area (Å²) >= 11 is 1.63. The van der Waals surface area contributed by atoms with Gasteiger partial charge in [-0.3, -0.25) is 9.69 Å². The molecular formula is C13H21N3O2S. The Hall–Kier alpha value is -0.980. The summed E-state index contributed by atoms with van der Waals surface area (Å²) in [6.07, 6.45) is 0.274. The average Bonchev–Trinajstić information content (AvgIpc) is 2.81. The first-order chi connectivity index (χ1) is 9.10. The van der Waals surface area contributed by atoms with Gasteiger partial charge in [0.25, 0.3) is 0 Å². The summed E-state index contributed by atoms with van der Waals surface area (Å²) in [6.45, 7) is 5.37. The molecule has 0 aromatic carbocycles. The number of hydrogen-bond acceptors (Lipinski definition) is 6. The van der Waals surface area contributed by atoms with Gasteiger partial charge >= 0.3 is 5.97 Å². The van der Waals surface area contributed by atoms with E-state index in [4.69, 9.17) is 4.74 Å². The Labute approximate surface area is 118 Å². The summed E-state index contributed by atoms with van der Waals surface area (Å²) < 4.78 is 4.95. The van der Waals surface area contributed by atoms with Crippen molar-refractivity contribution in [2.24, 2.45) is 0 Å². The topological polar surface area (TPSA) is 45.7 Å². The van der Waals surface area contributed by atoms with Gasteiger partial charge in [-0.05, 0) is 21.0 Å². The van der Waals surface area contributed by atoms with Gasteiger partial charge in [-0.2, -0.15) is 0 Å². The molecule has 0 bridgehead atoms. The van der Waals surface area contributed by atoms with E-state index in [0.29, 0.717) is 12.6 Å². The third-order valence-electron chi connectivity index (χ3n) is 3.34. The molecule has 106 valence electrons. The normalized spacial score (nSPS) is 21.5. The van der Waals surface area contributed by atoms with E-state index in [1.54, 1.807) is 11.3 Å². The molecule has 0 radical (unpaired) electrons. The fourth-order valence-electron chi connectivity index (χ4n) is 2.19. The lowest BCUT2D eigenvalue weighted by atomic mass is 10.2. The molecule has 1 unspecified atom stereocenters. The Morgan fingerprint density at radius 2 is 2.32 bits per heavy atom. The van der Waals surface area contributed by atoms with Crippen molar-refractivity contribution in [2.75, 3.05) is 40.3 Å². The molecule has 1 aromatic heterocycles. The van der Waals surface area contributed by atoms with E-state index in [2.05, 4.69) is 28.9 Å². The van der Waals surface area contributed by atoms with Crippen LogP contribution in [-0.4, -0.2) is 61.1 Å². The Morgan fingerprint density at radius 1 is 1.53 bits per heavy atom. The van der Waals surface area contributed by atoms with Gasteiger partial charge < -0.3 is 9.64 Å². The van der Waals surface area contributed by atoms with Crippen LogP contribution in [-0.2, 0) is 16.0 Å². The maximum absolute atomic E-state index is 11.4. The van der Waals surface area contributed by atoms with Gasteiger partial charge in [0.1, 0.15) is 5.01 Å². The van der Waals surface area contributed by atoms with Crippen LogP contribution in [0, 0.1) is 0 Å². The number of esters is 1. The molecular weight excluding hydrogens is 262 g/mol. The number of carbonyl (C=O) groups excluding carboxylic acids is 1. The van der Waals surface area contributed by atoms with Gasteiger partial charge in [-0.1, -0.05) is 0 Å². The predicted octanol–water partition coefficient (Wildman–Crippen LogP) is 1.17. The lowest BCUT2D eigenvalue weighted by Gasteiger charge is -2.36. The summed E-state index contributed by atoms with van der Waals surface area (Å²) in [7, 11) is 4.26. The van der Waals surface area contributed by atoms with Crippen molar-refractivity contribution in [3.8, 4) is 0 Å². The van der Waals surface area contributed by atoms with Gasteiger partial charge in [0.15, 0.2) is 0 Å². The highest BCUT2D eigenvalue weighted by Crippen LogP contribution is 2.26. The molecule has 0 spiro atoms. The van der Waals surface area contributed by atoms with Crippen molar-refractivity contribution in [1.82, 2.24) is 14.8 Å². The van der Waals surface area contributed by atoms with Gasteiger partial charge in [0, 0.05) is 25.0 Å². The summed E-state index contributed by atoms with van der Waals surface area (Å²) in [4.78, 5) is 20.7. The number of thiazole rings is 1. The van der Waals surface area contributed by atoms with Crippen molar-refractivity contribution >= 4 is 17.3 Å². The van der Waals surface area contributed by atoms with Crippen LogP contribution in [0.15, 0.2) is 5.38 Å². The molecule has 1 aromatic rings. The fourth-order valence-corrected chi connectivity index (χ4v) is 3.17. The molecule has 1 aliphatic heterocycles. The number of nitrogens with zero attached hydrogens (tertiary/aromatic N) is 3. The molecule has 1 aliphatic rings. The zero-order valence-electron chi connectivity index (χ0n) is 11.8. The number of carbonyl (C=O) groups is 1. The predicted molar refractivity (Wildman–Crippen MR) is 75.3 cm³/mol. The SMILES string of the molecule is CCOC(=O)Cc1csc(C2CN(C)CCN2C)n1. The second-order valence-electron chi connectivity index (χ2n) is 4.92. The Balaban J connectivity index is 2.01. The lowest BCUT2D eigenvalue weighted by molar-refractivity contribution is -0.142. The van der Waals surface area contributed by atoms with Gasteiger partial charge in [0.05, 0.1) is 24.8 Å². The first kappa shape index (κ1) is 14.4. The van der Waals surface area contributed by atoms with Gasteiger partial charge in [-0.15, -0.1) is 11.3 Å². The van der Waals surface area contributed by atoms with Crippen molar-refractivity contribution < 1.29 is 9.53 Å². The quantitative estimate of drug-likeness (QED) is 0.776. The molecule has 0 N–H and O–H groups in total. The monoisotopic (exact) mass is 283 g/mol. The van der Waals surface area contributed by atoms with Crippen LogP contribution in [0.1, 0.15) is 23.7 Å². The maximum atomic E-state index is 11.4. The number of likely N-dealkylation sites (N-methyl/N-ethyl adjacent to an activating group) is 2. The third kappa shape index (κ3) is 3.75. The fraction of sp³-hybridized carbons (Fsp3) is 0.692. The van der Waals surface area contributed by atoms with E-state index >= 15 is 0 Å². The van der Waals surface area contributed by atoms with E-state index < -0.39 is 0 Å². The van der Waals surface area contributed by atoms with Crippen molar-refractivity contribution in [1.29, 1.82) is 0 Å². The summed E-state index contributed by atoms with van der Waals surface area (Å²) in [5.41, 5.74) is 0.820. The largest absolute Gasteiger partial charge is 0.466 e. The summed E-state index contributed by atoms with van der Waals surface area (Å²) in [5.74, 6) is -0.200. The average molecular weight is 283 g/mol. The van der Waals surface area contributed by atoms with Crippen LogP contribution in [0.3, 0.4) is 0 Å². The highest BCUT2D eigenvalue weighted by Gasteiger charge is 2.26. The van der Waals surface area contributed by atoms with Crippen LogP contribution in [0.5, 0.6) is 0 Å². The first-order valence-electron chi connectivity index (χ1n) is 6.59. The number of aromatic nitrogens is 1. The second kappa shape index (κ2) is 6.45. The summed E-state index contributed by atoms with van der Waals surface area (Å²) in [5, 5.41) is 3.06. The standard InChI is InChI=1S/C13H21N3O2S/c1-4-18-12(17)7-10-9-19-13(14-10)11-8-15(2)5-6-16(11)3/h9,11H,4-8H2,1-3H3. The van der Waals surface area contributed by atoms with E-state index in [0.717, 1.165) is 30.3 Å². The van der Waals surface area contributed by atoms with Crippen LogP contribution in [0.25, 0.3) is 0 Å². The molecule has 0 saturated carbocycles. The van der Waals surface area contributed by atoms with E-state index in [9.17, 15) is 4.79 Å².